The first-order chi connectivity index (χ1) is 27.8. The predicted octanol–water partition coefficient (Wildman–Crippen LogP) is 13.2. The second-order valence-electron chi connectivity index (χ2n) is 27.1. The summed E-state index contributed by atoms with van der Waals surface area (Å²) in [6, 6.07) is 0. The SMILES string of the molecule is CC(C)(C)C1CCC(C(=O)N(C(=O)C2CCC(C(C)(C)C)CC2)C23CC4CC(C2)CC(N(C(=O)C2CCC(C(C)(C)C)CC2)C(=O)C2CCC(C(C)(C)C)CC2)(C4)C3)CC1. The Hall–Kier alpha value is -1.72. The lowest BCUT2D eigenvalue weighted by atomic mass is 9.48. The predicted molar refractivity (Wildman–Crippen MR) is 243 cm³/mol. The van der Waals surface area contributed by atoms with Crippen LogP contribution in [0.3, 0.4) is 0 Å². The van der Waals surface area contributed by atoms with Crippen LogP contribution in [0.1, 0.15) is 224 Å². The quantitative estimate of drug-likeness (QED) is 0.250. The summed E-state index contributed by atoms with van der Waals surface area (Å²) in [6.07, 6.45) is 20.2. The number of carbonyl (C=O) groups excluding carboxylic acids is 4. The average molecular weight is 831 g/mol. The van der Waals surface area contributed by atoms with Gasteiger partial charge in [-0.1, -0.05) is 83.1 Å². The second-order valence-corrected chi connectivity index (χ2v) is 27.1. The van der Waals surface area contributed by atoms with E-state index in [0.717, 1.165) is 135 Å². The lowest BCUT2D eigenvalue weighted by Crippen LogP contribution is -2.74. The van der Waals surface area contributed by atoms with E-state index in [1.807, 2.05) is 9.80 Å². The number of amides is 4. The molecular formula is C54H90N2O4. The van der Waals surface area contributed by atoms with Crippen molar-refractivity contribution in [1.29, 1.82) is 0 Å². The largest absolute Gasteiger partial charge is 0.276 e. The third-order valence-corrected chi connectivity index (χ3v) is 19.0. The summed E-state index contributed by atoms with van der Waals surface area (Å²) in [4.78, 5) is 65.9. The van der Waals surface area contributed by atoms with Gasteiger partial charge in [0.25, 0.3) is 0 Å². The molecule has 0 aromatic rings. The maximum Gasteiger partial charge on any atom is 0.232 e. The van der Waals surface area contributed by atoms with Crippen LogP contribution in [0.4, 0.5) is 0 Å². The zero-order chi connectivity index (χ0) is 43.8. The molecule has 0 saturated heterocycles. The normalized spacial score (nSPS) is 38.9. The molecule has 0 unspecified atom stereocenters. The van der Waals surface area contributed by atoms with Crippen LogP contribution in [0.5, 0.6) is 0 Å². The molecule has 0 aliphatic heterocycles. The Morgan fingerprint density at radius 3 is 0.733 bits per heavy atom. The molecule has 4 bridgehead atoms. The van der Waals surface area contributed by atoms with Crippen LogP contribution in [0.25, 0.3) is 0 Å². The van der Waals surface area contributed by atoms with Gasteiger partial charge in [0.2, 0.25) is 23.6 Å². The molecule has 8 aliphatic rings. The smallest absolute Gasteiger partial charge is 0.232 e. The van der Waals surface area contributed by atoms with Crippen molar-refractivity contribution in [3.05, 3.63) is 0 Å². The Bertz CT molecular complexity index is 1350. The zero-order valence-corrected chi connectivity index (χ0v) is 40.9. The fourth-order valence-corrected chi connectivity index (χ4v) is 15.4. The lowest BCUT2D eigenvalue weighted by molar-refractivity contribution is -0.190. The van der Waals surface area contributed by atoms with Crippen LogP contribution in [0.2, 0.25) is 0 Å². The molecule has 0 heterocycles. The third kappa shape index (κ3) is 9.26. The number of carbonyl (C=O) groups is 4. The number of hydrogen-bond donors (Lipinski definition) is 0. The summed E-state index contributed by atoms with van der Waals surface area (Å²) in [7, 11) is 0. The molecule has 340 valence electrons. The van der Waals surface area contributed by atoms with Gasteiger partial charge in [-0.15, -0.1) is 0 Å². The zero-order valence-electron chi connectivity index (χ0n) is 40.9. The van der Waals surface area contributed by atoms with E-state index in [2.05, 4.69) is 83.1 Å². The highest BCUT2D eigenvalue weighted by Gasteiger charge is 2.66. The van der Waals surface area contributed by atoms with Crippen LogP contribution in [0, 0.1) is 80.8 Å². The standard InChI is InChI=1S/C54H90N2O4/c1-49(2,3)41-21-13-37(14-22-41)45(57)55(46(58)38-15-23-42(24-16-38)50(4,5)6)53-30-35-29-36(31-53)33-54(32-35,34-53)56(47(59)39-17-25-43(26-18-39)51(7,8)9)48(60)40-19-27-44(28-20-40)52(10,11)12/h35-44H,13-34H2,1-12H3. The van der Waals surface area contributed by atoms with E-state index >= 15 is 19.2 Å². The summed E-state index contributed by atoms with van der Waals surface area (Å²) < 4.78 is 0. The van der Waals surface area contributed by atoms with Crippen molar-refractivity contribution >= 4 is 23.6 Å². The molecule has 0 atom stereocenters. The van der Waals surface area contributed by atoms with Gasteiger partial charge >= 0.3 is 0 Å². The van der Waals surface area contributed by atoms with Crippen molar-refractivity contribution in [3.63, 3.8) is 0 Å². The summed E-state index contributed by atoms with van der Waals surface area (Å²) >= 11 is 0. The average Bonchev–Trinajstić information content (AvgIpc) is 3.16. The van der Waals surface area contributed by atoms with E-state index < -0.39 is 11.1 Å². The van der Waals surface area contributed by atoms with E-state index in [9.17, 15) is 0 Å². The van der Waals surface area contributed by atoms with Crippen LogP contribution in [-0.2, 0) is 19.2 Å². The molecule has 60 heavy (non-hydrogen) atoms. The minimum Gasteiger partial charge on any atom is -0.276 e. The van der Waals surface area contributed by atoms with E-state index in [-0.39, 0.29) is 69.0 Å². The molecule has 8 rings (SSSR count). The number of imide groups is 2. The first kappa shape index (κ1) is 46.3. The summed E-state index contributed by atoms with van der Waals surface area (Å²) in [6.45, 7) is 28.0. The maximum atomic E-state index is 15.5. The van der Waals surface area contributed by atoms with Gasteiger partial charge < -0.3 is 0 Å². The van der Waals surface area contributed by atoms with Crippen molar-refractivity contribution in [2.45, 2.75) is 235 Å². The molecular weight excluding hydrogens is 741 g/mol. The van der Waals surface area contributed by atoms with Crippen molar-refractivity contribution < 1.29 is 19.2 Å². The molecule has 6 heteroatoms. The molecule has 6 nitrogen and oxygen atoms in total. The number of rotatable bonds is 6. The Morgan fingerprint density at radius 1 is 0.350 bits per heavy atom. The van der Waals surface area contributed by atoms with E-state index in [1.54, 1.807) is 0 Å². The van der Waals surface area contributed by atoms with Crippen LogP contribution >= 0.6 is 0 Å². The summed E-state index contributed by atoms with van der Waals surface area (Å²) in [5.41, 5.74) is -0.395. The first-order valence-corrected chi connectivity index (χ1v) is 25.6. The van der Waals surface area contributed by atoms with Gasteiger partial charge in [-0.05, 0) is 198 Å². The summed E-state index contributed by atoms with van der Waals surface area (Å²) in [5.74, 6) is 2.84. The van der Waals surface area contributed by atoms with Gasteiger partial charge in [0.05, 0.1) is 11.1 Å². The third-order valence-electron chi connectivity index (χ3n) is 19.0. The highest BCUT2D eigenvalue weighted by molar-refractivity contribution is 6.00. The van der Waals surface area contributed by atoms with E-state index in [0.29, 0.717) is 41.9 Å². The number of hydrogen-bond acceptors (Lipinski definition) is 4. The van der Waals surface area contributed by atoms with Crippen LogP contribution < -0.4 is 0 Å². The summed E-state index contributed by atoms with van der Waals surface area (Å²) in [5, 5.41) is 0. The van der Waals surface area contributed by atoms with Gasteiger partial charge in [-0.2, -0.15) is 0 Å². The Kier molecular flexibility index (Phi) is 12.9. The van der Waals surface area contributed by atoms with Crippen molar-refractivity contribution in [2.24, 2.45) is 80.8 Å². The molecule has 8 saturated carbocycles. The van der Waals surface area contributed by atoms with Crippen LogP contribution in [-0.4, -0.2) is 44.5 Å². The Balaban J connectivity index is 1.23. The minimum atomic E-state index is -0.618. The van der Waals surface area contributed by atoms with Crippen molar-refractivity contribution in [1.82, 2.24) is 9.80 Å². The molecule has 8 fully saturated rings. The van der Waals surface area contributed by atoms with Crippen molar-refractivity contribution in [2.75, 3.05) is 0 Å². The molecule has 0 aromatic heterocycles. The van der Waals surface area contributed by atoms with E-state index in [1.165, 1.54) is 0 Å². The van der Waals surface area contributed by atoms with Gasteiger partial charge in [0.1, 0.15) is 0 Å². The van der Waals surface area contributed by atoms with Gasteiger partial charge in [-0.25, -0.2) is 0 Å². The molecule has 0 radical (unpaired) electrons. The highest BCUT2D eigenvalue weighted by Crippen LogP contribution is 2.63. The molecule has 0 aromatic carbocycles. The molecule has 8 aliphatic carbocycles. The topological polar surface area (TPSA) is 74.8 Å². The van der Waals surface area contributed by atoms with E-state index in [4.69, 9.17) is 0 Å². The van der Waals surface area contributed by atoms with Gasteiger partial charge in [0.15, 0.2) is 0 Å². The minimum absolute atomic E-state index is 0.0904. The fraction of sp³-hybridized carbons (Fsp3) is 0.926. The highest BCUT2D eigenvalue weighted by atomic mass is 16.2. The lowest BCUT2D eigenvalue weighted by Gasteiger charge is -2.67. The molecule has 0 spiro atoms. The molecule has 4 amide bonds. The van der Waals surface area contributed by atoms with Crippen LogP contribution in [0.15, 0.2) is 0 Å². The monoisotopic (exact) mass is 831 g/mol. The second kappa shape index (κ2) is 16.7. The fourth-order valence-electron chi connectivity index (χ4n) is 15.4. The Morgan fingerprint density at radius 2 is 0.550 bits per heavy atom. The van der Waals surface area contributed by atoms with Gasteiger partial charge in [-0.3, -0.25) is 29.0 Å². The Labute approximate surface area is 367 Å². The number of nitrogens with zero attached hydrogens (tertiary/aromatic N) is 2. The molecule has 0 N–H and O–H groups in total. The maximum absolute atomic E-state index is 15.5. The van der Waals surface area contributed by atoms with Gasteiger partial charge in [0, 0.05) is 23.7 Å². The first-order valence-electron chi connectivity index (χ1n) is 25.6. The van der Waals surface area contributed by atoms with Crippen molar-refractivity contribution in [3.8, 4) is 0 Å².